The average Bonchev–Trinajstić information content (AvgIpc) is 2.40. The van der Waals surface area contributed by atoms with E-state index >= 15 is 0 Å². The molecule has 110 valence electrons. The quantitative estimate of drug-likeness (QED) is 0.734. The topological polar surface area (TPSA) is 110 Å². The summed E-state index contributed by atoms with van der Waals surface area (Å²) in [7, 11) is 0. The van der Waals surface area contributed by atoms with Crippen molar-refractivity contribution in [2.75, 3.05) is 0 Å². The van der Waals surface area contributed by atoms with Gasteiger partial charge in [0.25, 0.3) is 0 Å². The Balaban J connectivity index is -0.000000219. The minimum Gasteiger partial charge on any atom is -0.478 e. The van der Waals surface area contributed by atoms with Crippen LogP contribution < -0.4 is 6.15 Å². The summed E-state index contributed by atoms with van der Waals surface area (Å²) < 4.78 is 0. The second-order valence-electron chi connectivity index (χ2n) is 3.24. The van der Waals surface area contributed by atoms with E-state index in [0.29, 0.717) is 0 Å². The standard InChI is InChI=1S/C8H8.C4H6O2.C3H4O2.H3N/c1-2-8-6-4-3-5-7-8;1-3(2)4(5)6;1-2-3(4)5;/h2-7H,1H2;1H2,2H3,(H,5,6);2H,1H2,(H,4,5);1H3. The Hall–Kier alpha value is -2.66. The highest BCUT2D eigenvalue weighted by molar-refractivity contribution is 5.84. The third-order valence-electron chi connectivity index (χ3n) is 1.57. The van der Waals surface area contributed by atoms with Gasteiger partial charge >= 0.3 is 11.9 Å². The summed E-state index contributed by atoms with van der Waals surface area (Å²) in [5.41, 5.74) is 1.35. The molecule has 1 rings (SSSR count). The van der Waals surface area contributed by atoms with Gasteiger partial charge in [-0.25, -0.2) is 9.59 Å². The molecule has 0 spiro atoms. The van der Waals surface area contributed by atoms with Gasteiger partial charge in [-0.1, -0.05) is 56.1 Å². The second-order valence-corrected chi connectivity index (χ2v) is 3.24. The number of benzene rings is 1. The first-order chi connectivity index (χ1) is 8.84. The molecule has 0 heterocycles. The Morgan fingerprint density at radius 3 is 1.60 bits per heavy atom. The summed E-state index contributed by atoms with van der Waals surface area (Å²) in [6.45, 7) is 11.2. The van der Waals surface area contributed by atoms with E-state index in [4.69, 9.17) is 10.2 Å². The summed E-state index contributed by atoms with van der Waals surface area (Å²) in [5, 5.41) is 15.5. The van der Waals surface area contributed by atoms with Crippen molar-refractivity contribution in [3.63, 3.8) is 0 Å². The van der Waals surface area contributed by atoms with Crippen LogP contribution in [0.25, 0.3) is 6.08 Å². The zero-order valence-electron chi connectivity index (χ0n) is 11.6. The third-order valence-corrected chi connectivity index (χ3v) is 1.57. The maximum atomic E-state index is 9.60. The minimum absolute atomic E-state index is 0. The fraction of sp³-hybridized carbons (Fsp3) is 0.0667. The molecule has 0 aliphatic rings. The lowest BCUT2D eigenvalue weighted by molar-refractivity contribution is -0.133. The number of carboxylic acids is 2. The predicted octanol–water partition coefficient (Wildman–Crippen LogP) is 3.40. The summed E-state index contributed by atoms with van der Waals surface area (Å²) >= 11 is 0. The molecule has 0 bridgehead atoms. The number of hydrogen-bond donors (Lipinski definition) is 3. The van der Waals surface area contributed by atoms with E-state index < -0.39 is 11.9 Å². The fourth-order valence-corrected chi connectivity index (χ4v) is 0.589. The van der Waals surface area contributed by atoms with Crippen molar-refractivity contribution in [2.24, 2.45) is 0 Å². The summed E-state index contributed by atoms with van der Waals surface area (Å²) in [6.07, 6.45) is 2.67. The van der Waals surface area contributed by atoms with Crippen molar-refractivity contribution < 1.29 is 19.8 Å². The molecule has 0 unspecified atom stereocenters. The van der Waals surface area contributed by atoms with Crippen LogP contribution >= 0.6 is 0 Å². The van der Waals surface area contributed by atoms with E-state index in [2.05, 4.69) is 19.7 Å². The molecule has 5 heteroatoms. The number of aliphatic carboxylic acids is 2. The van der Waals surface area contributed by atoms with Crippen LogP contribution in [-0.2, 0) is 9.59 Å². The van der Waals surface area contributed by atoms with Gasteiger partial charge in [0.1, 0.15) is 0 Å². The first kappa shape index (κ1) is 22.5. The SMILES string of the molecule is C=C(C)C(=O)O.C=CC(=O)O.C=Cc1ccccc1.N. The average molecular weight is 279 g/mol. The van der Waals surface area contributed by atoms with E-state index in [1.807, 2.05) is 36.4 Å². The molecule has 0 aliphatic carbocycles. The molecule has 20 heavy (non-hydrogen) atoms. The Morgan fingerprint density at radius 2 is 1.45 bits per heavy atom. The number of rotatable bonds is 3. The van der Waals surface area contributed by atoms with Crippen LogP contribution in [0.2, 0.25) is 0 Å². The lowest BCUT2D eigenvalue weighted by atomic mass is 10.2. The molecule has 0 fully saturated rings. The maximum Gasteiger partial charge on any atom is 0.330 e. The monoisotopic (exact) mass is 279 g/mol. The van der Waals surface area contributed by atoms with Gasteiger partial charge in [-0.15, -0.1) is 0 Å². The van der Waals surface area contributed by atoms with Gasteiger partial charge in [-0.3, -0.25) is 0 Å². The van der Waals surface area contributed by atoms with Gasteiger partial charge in [0, 0.05) is 11.6 Å². The highest BCUT2D eigenvalue weighted by Gasteiger charge is 1.90. The van der Waals surface area contributed by atoms with Gasteiger partial charge in [-0.05, 0) is 12.5 Å². The van der Waals surface area contributed by atoms with Crippen molar-refractivity contribution >= 4 is 18.0 Å². The van der Waals surface area contributed by atoms with Gasteiger partial charge in [-0.2, -0.15) is 0 Å². The summed E-state index contributed by atoms with van der Waals surface area (Å²) in [6, 6.07) is 10.0. The second kappa shape index (κ2) is 14.4. The molecule has 0 amide bonds. The summed E-state index contributed by atoms with van der Waals surface area (Å²) in [4.78, 5) is 18.8. The van der Waals surface area contributed by atoms with E-state index in [-0.39, 0.29) is 11.7 Å². The molecule has 1 aromatic rings. The van der Waals surface area contributed by atoms with Gasteiger partial charge in [0.2, 0.25) is 0 Å². The molecular formula is C15H21NO4. The highest BCUT2D eigenvalue weighted by Crippen LogP contribution is 1.97. The highest BCUT2D eigenvalue weighted by atomic mass is 16.4. The molecule has 0 saturated heterocycles. The molecule has 5 nitrogen and oxygen atoms in total. The van der Waals surface area contributed by atoms with Crippen molar-refractivity contribution in [1.82, 2.24) is 6.15 Å². The largest absolute Gasteiger partial charge is 0.478 e. The smallest absolute Gasteiger partial charge is 0.330 e. The molecule has 0 radical (unpaired) electrons. The Morgan fingerprint density at radius 1 is 1.10 bits per heavy atom. The van der Waals surface area contributed by atoms with Crippen LogP contribution in [0.1, 0.15) is 12.5 Å². The fourth-order valence-electron chi connectivity index (χ4n) is 0.589. The molecule has 0 aromatic heterocycles. The molecular weight excluding hydrogens is 258 g/mol. The number of carboxylic acid groups (broad SMARTS) is 2. The molecule has 0 aliphatic heterocycles. The minimum atomic E-state index is -0.981. The first-order valence-electron chi connectivity index (χ1n) is 5.26. The Bertz CT molecular complexity index is 426. The van der Waals surface area contributed by atoms with E-state index in [0.717, 1.165) is 6.08 Å². The van der Waals surface area contributed by atoms with Crippen molar-refractivity contribution in [3.8, 4) is 0 Å². The van der Waals surface area contributed by atoms with E-state index in [9.17, 15) is 9.59 Å². The van der Waals surface area contributed by atoms with Gasteiger partial charge in [0.15, 0.2) is 0 Å². The number of hydrogen-bond acceptors (Lipinski definition) is 3. The zero-order chi connectivity index (χ0) is 15.3. The lowest BCUT2D eigenvalue weighted by Gasteiger charge is -1.85. The van der Waals surface area contributed by atoms with E-state index in [1.165, 1.54) is 12.5 Å². The number of carbonyl (C=O) groups is 2. The molecule has 1 aromatic carbocycles. The van der Waals surface area contributed by atoms with Crippen LogP contribution in [0.3, 0.4) is 0 Å². The Labute approximate surface area is 119 Å². The van der Waals surface area contributed by atoms with Gasteiger partial charge < -0.3 is 16.4 Å². The van der Waals surface area contributed by atoms with E-state index in [1.54, 1.807) is 0 Å². The van der Waals surface area contributed by atoms with Crippen LogP contribution in [0.15, 0.2) is 61.7 Å². The summed E-state index contributed by atoms with van der Waals surface area (Å²) in [5.74, 6) is -1.92. The first-order valence-corrected chi connectivity index (χ1v) is 5.26. The molecule has 0 atom stereocenters. The zero-order valence-corrected chi connectivity index (χ0v) is 11.6. The third kappa shape index (κ3) is 17.7. The van der Waals surface area contributed by atoms with Crippen molar-refractivity contribution in [1.29, 1.82) is 0 Å². The lowest BCUT2D eigenvalue weighted by Crippen LogP contribution is -1.92. The van der Waals surface area contributed by atoms with Crippen LogP contribution in [0, 0.1) is 0 Å². The maximum absolute atomic E-state index is 9.60. The van der Waals surface area contributed by atoms with Gasteiger partial charge in [0.05, 0.1) is 0 Å². The van der Waals surface area contributed by atoms with Crippen LogP contribution in [0.5, 0.6) is 0 Å². The van der Waals surface area contributed by atoms with Crippen LogP contribution in [-0.4, -0.2) is 22.2 Å². The molecule has 5 N–H and O–H groups in total. The predicted molar refractivity (Wildman–Crippen MR) is 81.8 cm³/mol. The van der Waals surface area contributed by atoms with Crippen LogP contribution in [0.4, 0.5) is 0 Å². The van der Waals surface area contributed by atoms with Crippen molar-refractivity contribution in [3.05, 3.63) is 67.3 Å². The Kier molecular flexibility index (Phi) is 16.2. The van der Waals surface area contributed by atoms with Crippen molar-refractivity contribution in [2.45, 2.75) is 6.92 Å². The molecule has 0 saturated carbocycles. The normalized spacial score (nSPS) is 7.25.